The van der Waals surface area contributed by atoms with Crippen molar-refractivity contribution in [3.05, 3.63) is 64.1 Å². The topological polar surface area (TPSA) is 12.0 Å². The van der Waals surface area contributed by atoms with Crippen LogP contribution in [0.15, 0.2) is 46.9 Å². The fourth-order valence-corrected chi connectivity index (χ4v) is 1.97. The van der Waals surface area contributed by atoms with Crippen molar-refractivity contribution in [3.8, 4) is 0 Å². The summed E-state index contributed by atoms with van der Waals surface area (Å²) >= 11 is 3.26. The van der Waals surface area contributed by atoms with E-state index in [0.717, 1.165) is 11.3 Å². The normalized spacial score (nSPS) is 10.3. The molecule has 0 fully saturated rings. The SMILES string of the molecule is Fc1cccc(CNc2ccc(F)cc2Br)c1. The van der Waals surface area contributed by atoms with Crippen molar-refractivity contribution in [2.45, 2.75) is 6.54 Å². The number of anilines is 1. The van der Waals surface area contributed by atoms with Gasteiger partial charge in [-0.3, -0.25) is 0 Å². The van der Waals surface area contributed by atoms with E-state index in [9.17, 15) is 8.78 Å². The van der Waals surface area contributed by atoms with Crippen molar-refractivity contribution in [1.29, 1.82) is 0 Å². The fourth-order valence-electron chi connectivity index (χ4n) is 1.48. The molecule has 0 aliphatic carbocycles. The lowest BCUT2D eigenvalue weighted by atomic mass is 10.2. The Morgan fingerprint density at radius 3 is 2.47 bits per heavy atom. The highest BCUT2D eigenvalue weighted by Gasteiger charge is 2.01. The Bertz CT molecular complexity index is 529. The van der Waals surface area contributed by atoms with Gasteiger partial charge in [-0.15, -0.1) is 0 Å². The molecule has 0 radical (unpaired) electrons. The number of rotatable bonds is 3. The van der Waals surface area contributed by atoms with Crippen LogP contribution in [0.5, 0.6) is 0 Å². The van der Waals surface area contributed by atoms with Crippen LogP contribution in [-0.4, -0.2) is 0 Å². The van der Waals surface area contributed by atoms with E-state index < -0.39 is 0 Å². The first kappa shape index (κ1) is 12.0. The lowest BCUT2D eigenvalue weighted by Crippen LogP contribution is -2.00. The molecule has 88 valence electrons. The Morgan fingerprint density at radius 2 is 1.76 bits per heavy atom. The number of nitrogens with one attached hydrogen (secondary N) is 1. The minimum absolute atomic E-state index is 0.262. The van der Waals surface area contributed by atoms with Crippen LogP contribution in [0, 0.1) is 11.6 Å². The van der Waals surface area contributed by atoms with E-state index in [1.54, 1.807) is 12.1 Å². The summed E-state index contributed by atoms with van der Waals surface area (Å²) in [6.07, 6.45) is 0. The summed E-state index contributed by atoms with van der Waals surface area (Å²) in [6.45, 7) is 0.488. The molecule has 0 atom stereocenters. The molecule has 1 nitrogen and oxygen atoms in total. The largest absolute Gasteiger partial charge is 0.380 e. The molecular formula is C13H10BrF2N. The molecule has 0 heterocycles. The second-order valence-corrected chi connectivity index (χ2v) is 4.46. The van der Waals surface area contributed by atoms with Crippen LogP contribution in [0.25, 0.3) is 0 Å². The predicted octanol–water partition coefficient (Wildman–Crippen LogP) is 4.34. The van der Waals surface area contributed by atoms with Crippen molar-refractivity contribution in [1.82, 2.24) is 0 Å². The van der Waals surface area contributed by atoms with Crippen LogP contribution >= 0.6 is 15.9 Å². The summed E-state index contributed by atoms with van der Waals surface area (Å²) < 4.78 is 26.4. The number of halogens is 3. The van der Waals surface area contributed by atoms with Crippen LogP contribution in [0.1, 0.15) is 5.56 Å². The van der Waals surface area contributed by atoms with Crippen LogP contribution in [-0.2, 0) is 6.54 Å². The van der Waals surface area contributed by atoms with Crippen molar-refractivity contribution >= 4 is 21.6 Å². The summed E-state index contributed by atoms with van der Waals surface area (Å²) in [5, 5.41) is 3.10. The smallest absolute Gasteiger partial charge is 0.124 e. The third-order valence-electron chi connectivity index (χ3n) is 2.30. The monoisotopic (exact) mass is 297 g/mol. The molecule has 0 aliphatic rings. The first-order chi connectivity index (χ1) is 8.15. The van der Waals surface area contributed by atoms with E-state index in [1.165, 1.54) is 24.3 Å². The minimum atomic E-state index is -0.298. The molecule has 2 aromatic rings. The van der Waals surface area contributed by atoms with E-state index in [1.807, 2.05) is 6.07 Å². The Hall–Kier alpha value is -1.42. The van der Waals surface area contributed by atoms with Gasteiger partial charge in [0, 0.05) is 16.7 Å². The van der Waals surface area contributed by atoms with Gasteiger partial charge in [0.25, 0.3) is 0 Å². The second kappa shape index (κ2) is 5.27. The van der Waals surface area contributed by atoms with Crippen LogP contribution < -0.4 is 5.32 Å². The molecule has 1 N–H and O–H groups in total. The maximum atomic E-state index is 12.9. The van der Waals surface area contributed by atoms with Crippen molar-refractivity contribution in [2.75, 3.05) is 5.32 Å². The van der Waals surface area contributed by atoms with Crippen LogP contribution in [0.2, 0.25) is 0 Å². The van der Waals surface area contributed by atoms with Gasteiger partial charge in [0.2, 0.25) is 0 Å². The molecule has 0 spiro atoms. The zero-order valence-corrected chi connectivity index (χ0v) is 10.5. The Labute approximate surface area is 107 Å². The zero-order chi connectivity index (χ0) is 12.3. The minimum Gasteiger partial charge on any atom is -0.380 e. The number of hydrogen-bond acceptors (Lipinski definition) is 1. The molecule has 0 amide bonds. The molecule has 17 heavy (non-hydrogen) atoms. The van der Waals surface area contributed by atoms with Crippen LogP contribution in [0.4, 0.5) is 14.5 Å². The Morgan fingerprint density at radius 1 is 1.00 bits per heavy atom. The Balaban J connectivity index is 2.07. The summed E-state index contributed by atoms with van der Waals surface area (Å²) in [6, 6.07) is 10.7. The fraction of sp³-hybridized carbons (Fsp3) is 0.0769. The maximum absolute atomic E-state index is 12.9. The summed E-state index contributed by atoms with van der Waals surface area (Å²) in [5.74, 6) is -0.560. The first-order valence-electron chi connectivity index (χ1n) is 5.08. The molecule has 0 bridgehead atoms. The van der Waals surface area contributed by atoms with Crippen molar-refractivity contribution in [2.24, 2.45) is 0 Å². The molecule has 0 saturated heterocycles. The summed E-state index contributed by atoms with van der Waals surface area (Å²) in [7, 11) is 0. The highest BCUT2D eigenvalue weighted by atomic mass is 79.9. The summed E-state index contributed by atoms with van der Waals surface area (Å²) in [4.78, 5) is 0. The van der Waals surface area contributed by atoms with Gasteiger partial charge in [-0.05, 0) is 51.8 Å². The first-order valence-corrected chi connectivity index (χ1v) is 5.88. The van der Waals surface area contributed by atoms with Gasteiger partial charge >= 0.3 is 0 Å². The molecule has 2 rings (SSSR count). The molecule has 0 aromatic heterocycles. The average molecular weight is 298 g/mol. The highest BCUT2D eigenvalue weighted by molar-refractivity contribution is 9.10. The van der Waals surface area contributed by atoms with Gasteiger partial charge in [0.1, 0.15) is 11.6 Å². The van der Waals surface area contributed by atoms with E-state index in [2.05, 4.69) is 21.2 Å². The van der Waals surface area contributed by atoms with Gasteiger partial charge in [-0.2, -0.15) is 0 Å². The number of hydrogen-bond donors (Lipinski definition) is 1. The molecular weight excluding hydrogens is 288 g/mol. The number of benzene rings is 2. The molecule has 0 unspecified atom stereocenters. The van der Waals surface area contributed by atoms with Gasteiger partial charge in [-0.25, -0.2) is 8.78 Å². The standard InChI is InChI=1S/C13H10BrF2N/c14-12-7-11(16)4-5-13(12)17-8-9-2-1-3-10(15)6-9/h1-7,17H,8H2. The van der Waals surface area contributed by atoms with Gasteiger partial charge in [-0.1, -0.05) is 12.1 Å². The van der Waals surface area contributed by atoms with Gasteiger partial charge in [0.15, 0.2) is 0 Å². The summed E-state index contributed by atoms with van der Waals surface area (Å²) in [5.41, 5.74) is 1.61. The lowest BCUT2D eigenvalue weighted by Gasteiger charge is -2.08. The third-order valence-corrected chi connectivity index (χ3v) is 2.96. The van der Waals surface area contributed by atoms with Crippen LogP contribution in [0.3, 0.4) is 0 Å². The molecule has 2 aromatic carbocycles. The zero-order valence-electron chi connectivity index (χ0n) is 8.88. The predicted molar refractivity (Wildman–Crippen MR) is 67.8 cm³/mol. The van der Waals surface area contributed by atoms with E-state index in [4.69, 9.17) is 0 Å². The third kappa shape index (κ3) is 3.27. The average Bonchev–Trinajstić information content (AvgIpc) is 2.28. The molecule has 0 saturated carbocycles. The molecule has 4 heteroatoms. The Kier molecular flexibility index (Phi) is 3.74. The molecule has 0 aliphatic heterocycles. The quantitative estimate of drug-likeness (QED) is 0.889. The van der Waals surface area contributed by atoms with E-state index in [0.29, 0.717) is 11.0 Å². The van der Waals surface area contributed by atoms with E-state index in [-0.39, 0.29) is 11.6 Å². The van der Waals surface area contributed by atoms with Gasteiger partial charge in [0.05, 0.1) is 0 Å². The highest BCUT2D eigenvalue weighted by Crippen LogP contribution is 2.23. The lowest BCUT2D eigenvalue weighted by molar-refractivity contribution is 0.626. The second-order valence-electron chi connectivity index (χ2n) is 3.61. The maximum Gasteiger partial charge on any atom is 0.124 e. The van der Waals surface area contributed by atoms with E-state index >= 15 is 0 Å². The van der Waals surface area contributed by atoms with Crippen molar-refractivity contribution < 1.29 is 8.78 Å². The van der Waals surface area contributed by atoms with Crippen molar-refractivity contribution in [3.63, 3.8) is 0 Å². The van der Waals surface area contributed by atoms with Gasteiger partial charge < -0.3 is 5.32 Å².